The molecule has 1 fully saturated rings. The molecule has 1 aliphatic rings. The number of aryl methyl sites for hydroxylation is 2. The van der Waals surface area contributed by atoms with Gasteiger partial charge in [0, 0.05) is 25.8 Å². The summed E-state index contributed by atoms with van der Waals surface area (Å²) in [7, 11) is -7.21. The van der Waals surface area contributed by atoms with Crippen molar-refractivity contribution in [2.75, 3.05) is 24.6 Å². The lowest BCUT2D eigenvalue weighted by Crippen LogP contribution is -2.33. The molecular formula is C18H20N4O5S2. The summed E-state index contributed by atoms with van der Waals surface area (Å²) >= 11 is 0. The first-order valence-corrected chi connectivity index (χ1v) is 12.2. The molecule has 0 spiro atoms. The van der Waals surface area contributed by atoms with Crippen molar-refractivity contribution in [1.82, 2.24) is 9.88 Å². The molecule has 0 bridgehead atoms. The summed E-state index contributed by atoms with van der Waals surface area (Å²) < 4.78 is 47.4. The lowest BCUT2D eigenvalue weighted by Gasteiger charge is -2.18. The molecule has 0 saturated carbocycles. The molecule has 2 aromatic rings. The SMILES string of the molecule is Cc1nc(C)c(C(=O)N2CCCS(=O)(=NS(=O)(=O)c3ccc(C#N)cc3)CC2)o1. The third-order valence-electron chi connectivity index (χ3n) is 4.47. The van der Waals surface area contributed by atoms with E-state index in [1.165, 1.54) is 29.2 Å². The zero-order valence-electron chi connectivity index (χ0n) is 16.0. The van der Waals surface area contributed by atoms with Crippen LogP contribution in [0.15, 0.2) is 37.3 Å². The van der Waals surface area contributed by atoms with Crippen molar-refractivity contribution in [3.05, 3.63) is 47.2 Å². The van der Waals surface area contributed by atoms with Crippen molar-refractivity contribution in [1.29, 1.82) is 5.26 Å². The van der Waals surface area contributed by atoms with Gasteiger partial charge in [-0.3, -0.25) is 4.79 Å². The predicted molar refractivity (Wildman–Crippen MR) is 105 cm³/mol. The normalized spacial score (nSPS) is 20.0. The standard InChI is InChI=1S/C18H20N4O5S2/c1-13-17(27-14(2)20-13)18(23)22-8-3-10-28(24,11-9-22)21-29(25,26)16-6-4-15(12-19)5-7-16/h4-7H,3,8-11H2,1-2H3. The summed E-state index contributed by atoms with van der Waals surface area (Å²) in [5.41, 5.74) is 0.792. The van der Waals surface area contributed by atoms with Gasteiger partial charge in [0.15, 0.2) is 5.89 Å². The summed E-state index contributed by atoms with van der Waals surface area (Å²) in [4.78, 5) is 18.1. The molecule has 1 unspecified atom stereocenters. The van der Waals surface area contributed by atoms with Gasteiger partial charge in [0.1, 0.15) is 0 Å². The molecule has 3 rings (SSSR count). The summed E-state index contributed by atoms with van der Waals surface area (Å²) in [5, 5.41) is 8.82. The zero-order valence-corrected chi connectivity index (χ0v) is 17.6. The van der Waals surface area contributed by atoms with E-state index in [1.807, 2.05) is 6.07 Å². The Balaban J connectivity index is 1.82. The number of rotatable bonds is 3. The summed E-state index contributed by atoms with van der Waals surface area (Å²) in [6, 6.07) is 7.17. The maximum Gasteiger partial charge on any atom is 0.291 e. The second-order valence-electron chi connectivity index (χ2n) is 6.66. The Bertz CT molecular complexity index is 1200. The molecule has 29 heavy (non-hydrogen) atoms. The van der Waals surface area contributed by atoms with Crippen molar-refractivity contribution >= 4 is 25.7 Å². The molecule has 1 aromatic carbocycles. The highest BCUT2D eigenvalue weighted by molar-refractivity contribution is 8.03. The minimum Gasteiger partial charge on any atom is -0.436 e. The highest BCUT2D eigenvalue weighted by Gasteiger charge is 2.28. The van der Waals surface area contributed by atoms with Crippen LogP contribution in [0.5, 0.6) is 0 Å². The minimum absolute atomic E-state index is 0.0551. The average molecular weight is 437 g/mol. The molecule has 9 nitrogen and oxygen atoms in total. The largest absolute Gasteiger partial charge is 0.436 e. The van der Waals surface area contributed by atoms with Gasteiger partial charge in [-0.25, -0.2) is 9.19 Å². The van der Waals surface area contributed by atoms with Crippen LogP contribution < -0.4 is 0 Å². The number of benzene rings is 1. The van der Waals surface area contributed by atoms with E-state index >= 15 is 0 Å². The van der Waals surface area contributed by atoms with Crippen LogP contribution in [-0.2, 0) is 19.8 Å². The highest BCUT2D eigenvalue weighted by atomic mass is 32.3. The van der Waals surface area contributed by atoms with Gasteiger partial charge in [0.2, 0.25) is 5.76 Å². The Morgan fingerprint density at radius 1 is 1.24 bits per heavy atom. The van der Waals surface area contributed by atoms with Crippen LogP contribution >= 0.6 is 0 Å². The molecule has 0 radical (unpaired) electrons. The lowest BCUT2D eigenvalue weighted by atomic mass is 10.2. The molecule has 0 aliphatic carbocycles. The fourth-order valence-electron chi connectivity index (χ4n) is 3.02. The Morgan fingerprint density at radius 2 is 1.93 bits per heavy atom. The van der Waals surface area contributed by atoms with Crippen molar-refractivity contribution in [3.63, 3.8) is 0 Å². The predicted octanol–water partition coefficient (Wildman–Crippen LogP) is 1.87. The van der Waals surface area contributed by atoms with E-state index < -0.39 is 19.8 Å². The quantitative estimate of drug-likeness (QED) is 0.717. The van der Waals surface area contributed by atoms with E-state index in [1.54, 1.807) is 13.8 Å². The van der Waals surface area contributed by atoms with E-state index in [9.17, 15) is 17.4 Å². The first kappa shape index (κ1) is 21.0. The highest BCUT2D eigenvalue weighted by Crippen LogP contribution is 2.19. The molecule has 154 valence electrons. The van der Waals surface area contributed by atoms with E-state index in [4.69, 9.17) is 9.68 Å². The van der Waals surface area contributed by atoms with Crippen molar-refractivity contribution in [2.24, 2.45) is 3.77 Å². The van der Waals surface area contributed by atoms with Crippen LogP contribution in [0.2, 0.25) is 0 Å². The van der Waals surface area contributed by atoms with Crippen LogP contribution in [-0.4, -0.2) is 53.0 Å². The number of carbonyl (C=O) groups excluding carboxylic acids is 1. The Morgan fingerprint density at radius 3 is 2.52 bits per heavy atom. The van der Waals surface area contributed by atoms with Gasteiger partial charge >= 0.3 is 0 Å². The number of nitrogens with zero attached hydrogens (tertiary/aromatic N) is 4. The monoisotopic (exact) mass is 436 g/mol. The van der Waals surface area contributed by atoms with Crippen LogP contribution in [0, 0.1) is 25.2 Å². The van der Waals surface area contributed by atoms with Gasteiger partial charge in [-0.1, -0.05) is 0 Å². The lowest BCUT2D eigenvalue weighted by molar-refractivity contribution is 0.0734. The average Bonchev–Trinajstić information content (AvgIpc) is 2.89. The number of amides is 1. The Kier molecular flexibility index (Phi) is 5.77. The van der Waals surface area contributed by atoms with Gasteiger partial charge < -0.3 is 9.32 Å². The maximum atomic E-state index is 13.1. The number of hydrogen-bond acceptors (Lipinski definition) is 7. The third-order valence-corrected chi connectivity index (χ3v) is 8.96. The van der Waals surface area contributed by atoms with Crippen molar-refractivity contribution < 1.29 is 21.8 Å². The second-order valence-corrected chi connectivity index (χ2v) is 11.0. The van der Waals surface area contributed by atoms with Crippen LogP contribution in [0.4, 0.5) is 0 Å². The molecule has 1 saturated heterocycles. The van der Waals surface area contributed by atoms with Crippen LogP contribution in [0.3, 0.4) is 0 Å². The number of carbonyl (C=O) groups is 1. The number of sulfonamides is 1. The van der Waals surface area contributed by atoms with E-state index in [2.05, 4.69) is 8.75 Å². The Hall–Kier alpha value is -2.71. The van der Waals surface area contributed by atoms with Crippen LogP contribution in [0.1, 0.15) is 34.1 Å². The zero-order chi connectivity index (χ0) is 21.2. The minimum atomic E-state index is -4.14. The van der Waals surface area contributed by atoms with E-state index in [0.717, 1.165) is 0 Å². The molecule has 1 amide bonds. The molecule has 11 heteroatoms. The number of hydrogen-bond donors (Lipinski definition) is 0. The fourth-order valence-corrected chi connectivity index (χ4v) is 7.16. The van der Waals surface area contributed by atoms with Crippen molar-refractivity contribution in [2.45, 2.75) is 25.2 Å². The summed E-state index contributed by atoms with van der Waals surface area (Å²) in [6.45, 7) is 3.74. The second kappa shape index (κ2) is 7.96. The first-order valence-electron chi connectivity index (χ1n) is 8.86. The smallest absolute Gasteiger partial charge is 0.291 e. The maximum absolute atomic E-state index is 13.1. The van der Waals surface area contributed by atoms with Gasteiger partial charge in [-0.2, -0.15) is 13.7 Å². The fraction of sp³-hybridized carbons (Fsp3) is 0.389. The summed E-state index contributed by atoms with van der Waals surface area (Å²) in [5.74, 6) is 0.175. The van der Waals surface area contributed by atoms with E-state index in [0.29, 0.717) is 30.1 Å². The summed E-state index contributed by atoms with van der Waals surface area (Å²) in [6.07, 6.45) is 0.350. The number of oxazole rings is 1. The molecule has 1 aromatic heterocycles. The van der Waals surface area contributed by atoms with Gasteiger partial charge in [0.25, 0.3) is 15.9 Å². The van der Waals surface area contributed by atoms with Crippen LogP contribution in [0.25, 0.3) is 0 Å². The van der Waals surface area contributed by atoms with E-state index in [-0.39, 0.29) is 34.6 Å². The molecular weight excluding hydrogens is 416 g/mol. The first-order chi connectivity index (χ1) is 13.6. The van der Waals surface area contributed by atoms with Gasteiger partial charge in [0.05, 0.1) is 37.7 Å². The molecule has 1 atom stereocenters. The topological polar surface area (TPSA) is 134 Å². The number of aromatic nitrogens is 1. The molecule has 1 aliphatic heterocycles. The molecule has 0 N–H and O–H groups in total. The van der Waals surface area contributed by atoms with Crippen molar-refractivity contribution in [3.8, 4) is 6.07 Å². The number of nitriles is 1. The Labute approximate surface area is 169 Å². The molecule has 2 heterocycles. The van der Waals surface area contributed by atoms with Gasteiger partial charge in [-0.05, 0) is 37.6 Å². The van der Waals surface area contributed by atoms with Gasteiger partial charge in [-0.15, -0.1) is 3.77 Å². The third kappa shape index (κ3) is 4.65.